The largest absolute Gasteiger partial charge is 0.507 e. The van der Waals surface area contributed by atoms with E-state index in [-0.39, 0.29) is 5.41 Å². The number of phenols is 1. The third kappa shape index (κ3) is 2.41. The van der Waals surface area contributed by atoms with Crippen LogP contribution >= 0.6 is 0 Å². The fraction of sp³-hybridized carbons (Fsp3) is 0.429. The zero-order valence-corrected chi connectivity index (χ0v) is 10.1. The highest BCUT2D eigenvalue weighted by atomic mass is 16.3. The number of allylic oxidation sites excluding steroid dienone is 1. The van der Waals surface area contributed by atoms with Gasteiger partial charge in [-0.25, -0.2) is 0 Å². The predicted octanol–water partition coefficient (Wildman–Crippen LogP) is 3.73. The average Bonchev–Trinajstić information content (AvgIpc) is 2.10. The van der Waals surface area contributed by atoms with E-state index in [4.69, 9.17) is 0 Å². The van der Waals surface area contributed by atoms with Gasteiger partial charge in [0.1, 0.15) is 5.75 Å². The van der Waals surface area contributed by atoms with Crippen molar-refractivity contribution in [1.82, 2.24) is 0 Å². The van der Waals surface area contributed by atoms with E-state index in [0.717, 1.165) is 17.5 Å². The zero-order valence-electron chi connectivity index (χ0n) is 10.1. The summed E-state index contributed by atoms with van der Waals surface area (Å²) in [6.07, 6.45) is 2.68. The third-order valence-corrected chi connectivity index (χ3v) is 2.58. The third-order valence-electron chi connectivity index (χ3n) is 2.58. The first-order valence-corrected chi connectivity index (χ1v) is 5.30. The van der Waals surface area contributed by atoms with Crippen LogP contribution in [0.25, 0.3) is 0 Å². The highest BCUT2D eigenvalue weighted by molar-refractivity contribution is 5.49. The van der Waals surface area contributed by atoms with Gasteiger partial charge in [-0.15, -0.1) is 6.58 Å². The van der Waals surface area contributed by atoms with Crippen molar-refractivity contribution >= 4 is 0 Å². The molecule has 0 fully saturated rings. The normalized spacial score (nSPS) is 11.5. The number of benzene rings is 1. The van der Waals surface area contributed by atoms with Gasteiger partial charge in [0.25, 0.3) is 0 Å². The number of aromatic hydroxyl groups is 1. The van der Waals surface area contributed by atoms with E-state index in [1.807, 2.05) is 19.1 Å². The fourth-order valence-corrected chi connectivity index (χ4v) is 1.90. The first-order chi connectivity index (χ1) is 6.88. The molecule has 0 saturated heterocycles. The van der Waals surface area contributed by atoms with Gasteiger partial charge in [-0.3, -0.25) is 0 Å². The minimum atomic E-state index is -0.0333. The highest BCUT2D eigenvalue weighted by Gasteiger charge is 2.22. The molecular formula is C14H20O. The lowest BCUT2D eigenvalue weighted by Crippen LogP contribution is -2.15. The molecule has 0 aliphatic carbocycles. The van der Waals surface area contributed by atoms with E-state index in [1.54, 1.807) is 0 Å². The lowest BCUT2D eigenvalue weighted by molar-refractivity contribution is 0.441. The Morgan fingerprint density at radius 2 is 1.93 bits per heavy atom. The molecule has 0 atom stereocenters. The minimum absolute atomic E-state index is 0.0333. The quantitative estimate of drug-likeness (QED) is 0.728. The Hall–Kier alpha value is -1.24. The van der Waals surface area contributed by atoms with Crippen LogP contribution in [-0.2, 0) is 11.8 Å². The monoisotopic (exact) mass is 204 g/mol. The van der Waals surface area contributed by atoms with Gasteiger partial charge in [0.2, 0.25) is 0 Å². The van der Waals surface area contributed by atoms with Crippen molar-refractivity contribution in [3.05, 3.63) is 41.5 Å². The summed E-state index contributed by atoms with van der Waals surface area (Å²) < 4.78 is 0. The molecule has 1 heteroatoms. The van der Waals surface area contributed by atoms with Crippen molar-refractivity contribution in [2.24, 2.45) is 0 Å². The summed E-state index contributed by atoms with van der Waals surface area (Å²) in [5, 5.41) is 10.1. The van der Waals surface area contributed by atoms with Gasteiger partial charge >= 0.3 is 0 Å². The van der Waals surface area contributed by atoms with Crippen molar-refractivity contribution in [2.75, 3.05) is 0 Å². The maximum atomic E-state index is 10.1. The molecule has 0 amide bonds. The highest BCUT2D eigenvalue weighted by Crippen LogP contribution is 2.36. The SMILES string of the molecule is C=CCc1ccc(C)c(O)c1C(C)(C)C. The van der Waals surface area contributed by atoms with Crippen LogP contribution in [0, 0.1) is 6.92 Å². The van der Waals surface area contributed by atoms with Crippen LogP contribution in [0.2, 0.25) is 0 Å². The summed E-state index contributed by atoms with van der Waals surface area (Å²) in [5.74, 6) is 0.432. The molecule has 0 radical (unpaired) electrons. The van der Waals surface area contributed by atoms with E-state index < -0.39 is 0 Å². The van der Waals surface area contributed by atoms with Gasteiger partial charge in [0.15, 0.2) is 0 Å². The summed E-state index contributed by atoms with van der Waals surface area (Å²) in [6, 6.07) is 4.04. The summed E-state index contributed by atoms with van der Waals surface area (Å²) in [6.45, 7) is 12.0. The van der Waals surface area contributed by atoms with Crippen molar-refractivity contribution in [3.8, 4) is 5.75 Å². The maximum Gasteiger partial charge on any atom is 0.122 e. The maximum absolute atomic E-state index is 10.1. The molecule has 0 aliphatic rings. The molecule has 0 aliphatic heterocycles. The molecular weight excluding hydrogens is 184 g/mol. The van der Waals surface area contributed by atoms with E-state index in [9.17, 15) is 5.11 Å². The second-order valence-corrected chi connectivity index (χ2v) is 5.01. The van der Waals surface area contributed by atoms with E-state index in [1.165, 1.54) is 5.56 Å². The average molecular weight is 204 g/mol. The van der Waals surface area contributed by atoms with Crippen molar-refractivity contribution in [2.45, 2.75) is 39.5 Å². The summed E-state index contributed by atoms with van der Waals surface area (Å²) in [5.41, 5.74) is 3.12. The zero-order chi connectivity index (χ0) is 11.6. The summed E-state index contributed by atoms with van der Waals surface area (Å²) in [4.78, 5) is 0. The number of rotatable bonds is 2. The number of phenolic OH excluding ortho intramolecular Hbond substituents is 1. The van der Waals surface area contributed by atoms with Crippen molar-refractivity contribution in [1.29, 1.82) is 0 Å². The Labute approximate surface area is 92.5 Å². The van der Waals surface area contributed by atoms with Crippen molar-refractivity contribution in [3.63, 3.8) is 0 Å². The number of hydrogen-bond acceptors (Lipinski definition) is 1. The molecule has 1 rings (SSSR count). The van der Waals surface area contributed by atoms with Crippen LogP contribution in [0.1, 0.15) is 37.5 Å². The molecule has 0 aromatic heterocycles. The minimum Gasteiger partial charge on any atom is -0.507 e. The van der Waals surface area contributed by atoms with Gasteiger partial charge in [-0.05, 0) is 29.9 Å². The second-order valence-electron chi connectivity index (χ2n) is 5.01. The molecule has 0 bridgehead atoms. The number of hydrogen-bond donors (Lipinski definition) is 1. The fourth-order valence-electron chi connectivity index (χ4n) is 1.90. The van der Waals surface area contributed by atoms with E-state index in [2.05, 4.69) is 33.4 Å². The van der Waals surface area contributed by atoms with Crippen LogP contribution in [0.3, 0.4) is 0 Å². The Balaban J connectivity index is 3.41. The molecule has 1 nitrogen and oxygen atoms in total. The molecule has 82 valence electrons. The molecule has 0 unspecified atom stereocenters. The topological polar surface area (TPSA) is 20.2 Å². The molecule has 15 heavy (non-hydrogen) atoms. The molecule has 0 saturated carbocycles. The molecule has 1 N–H and O–H groups in total. The van der Waals surface area contributed by atoms with Gasteiger partial charge in [-0.1, -0.05) is 39.0 Å². The van der Waals surface area contributed by atoms with Crippen LogP contribution in [0.5, 0.6) is 5.75 Å². The molecule has 0 heterocycles. The predicted molar refractivity (Wildman–Crippen MR) is 65.4 cm³/mol. The van der Waals surface area contributed by atoms with Crippen LogP contribution in [0.4, 0.5) is 0 Å². The van der Waals surface area contributed by atoms with E-state index >= 15 is 0 Å². The van der Waals surface area contributed by atoms with Gasteiger partial charge in [-0.2, -0.15) is 0 Å². The Kier molecular flexibility index (Phi) is 3.23. The van der Waals surface area contributed by atoms with Crippen LogP contribution in [-0.4, -0.2) is 5.11 Å². The van der Waals surface area contributed by atoms with Crippen LogP contribution in [0.15, 0.2) is 24.8 Å². The lowest BCUT2D eigenvalue weighted by atomic mass is 9.81. The Bertz CT molecular complexity index is 370. The van der Waals surface area contributed by atoms with E-state index in [0.29, 0.717) is 5.75 Å². The first-order valence-electron chi connectivity index (χ1n) is 5.30. The second kappa shape index (κ2) is 4.09. The van der Waals surface area contributed by atoms with Crippen molar-refractivity contribution < 1.29 is 5.11 Å². The summed E-state index contributed by atoms with van der Waals surface area (Å²) in [7, 11) is 0. The van der Waals surface area contributed by atoms with Gasteiger partial charge in [0.05, 0.1) is 0 Å². The van der Waals surface area contributed by atoms with Crippen LogP contribution < -0.4 is 0 Å². The standard InChI is InChI=1S/C14H20O/c1-6-7-11-9-8-10(2)13(15)12(11)14(3,4)5/h6,8-9,15H,1,7H2,2-5H3. The smallest absolute Gasteiger partial charge is 0.122 e. The van der Waals surface area contributed by atoms with Gasteiger partial charge in [0, 0.05) is 5.56 Å². The lowest BCUT2D eigenvalue weighted by Gasteiger charge is -2.24. The first kappa shape index (κ1) is 11.8. The Morgan fingerprint density at radius 1 is 1.33 bits per heavy atom. The van der Waals surface area contributed by atoms with Gasteiger partial charge < -0.3 is 5.11 Å². The Morgan fingerprint density at radius 3 is 2.40 bits per heavy atom. The number of aryl methyl sites for hydroxylation is 1. The summed E-state index contributed by atoms with van der Waals surface area (Å²) >= 11 is 0. The molecule has 0 spiro atoms. The molecule has 1 aromatic carbocycles. The molecule has 1 aromatic rings.